The van der Waals surface area contributed by atoms with Crippen molar-refractivity contribution in [1.29, 1.82) is 0 Å². The van der Waals surface area contributed by atoms with Gasteiger partial charge in [0.2, 0.25) is 0 Å². The van der Waals surface area contributed by atoms with E-state index < -0.39 is 0 Å². The Bertz CT molecular complexity index is 579. The first kappa shape index (κ1) is 13.2. The normalized spacial score (nSPS) is 19.4. The van der Waals surface area contributed by atoms with Crippen molar-refractivity contribution >= 4 is 0 Å². The van der Waals surface area contributed by atoms with Crippen LogP contribution in [0.2, 0.25) is 0 Å². The van der Waals surface area contributed by atoms with Crippen molar-refractivity contribution in [2.75, 3.05) is 13.1 Å². The Kier molecular flexibility index (Phi) is 3.74. The van der Waals surface area contributed by atoms with Gasteiger partial charge < -0.3 is 0 Å². The number of nitrogens with zero attached hydrogens (tertiary/aromatic N) is 4. The fraction of sp³-hybridized carbons (Fsp3) is 0.438. The molecule has 20 heavy (non-hydrogen) atoms. The smallest absolute Gasteiger partial charge is 0.132 e. The molecule has 1 aliphatic rings. The fourth-order valence-electron chi connectivity index (χ4n) is 2.70. The number of hydrogen-bond acceptors (Lipinski definition) is 4. The van der Waals surface area contributed by atoms with Gasteiger partial charge in [-0.15, -0.1) is 0 Å². The lowest BCUT2D eigenvalue weighted by Gasteiger charge is -2.15. The molecular weight excluding hydrogens is 248 g/mol. The zero-order chi connectivity index (χ0) is 13.9. The molecule has 0 bridgehead atoms. The third-order valence-corrected chi connectivity index (χ3v) is 3.83. The number of aromatic nitrogens is 3. The van der Waals surface area contributed by atoms with E-state index in [0.717, 1.165) is 43.3 Å². The van der Waals surface area contributed by atoms with Crippen LogP contribution in [0.4, 0.5) is 0 Å². The molecule has 0 spiro atoms. The fourth-order valence-corrected chi connectivity index (χ4v) is 2.70. The lowest BCUT2D eigenvalue weighted by Crippen LogP contribution is -2.20. The summed E-state index contributed by atoms with van der Waals surface area (Å²) in [5.74, 6) is 1.46. The molecule has 1 aliphatic heterocycles. The van der Waals surface area contributed by atoms with Gasteiger partial charge in [-0.25, -0.2) is 9.97 Å². The van der Waals surface area contributed by atoms with Gasteiger partial charge in [0.15, 0.2) is 0 Å². The van der Waals surface area contributed by atoms with Crippen LogP contribution >= 0.6 is 0 Å². The standard InChI is InChI=1S/C16H20N4/c1-12-3-4-14(9-18-12)10-20-8-6-15(11-20)16-17-7-5-13(2)19-16/h3-5,7,9,15H,6,8,10-11H2,1-2H3. The number of hydrogen-bond donors (Lipinski definition) is 0. The van der Waals surface area contributed by atoms with Crippen molar-refractivity contribution in [2.24, 2.45) is 0 Å². The molecule has 4 nitrogen and oxygen atoms in total. The van der Waals surface area contributed by atoms with E-state index in [4.69, 9.17) is 0 Å². The Hall–Kier alpha value is -1.81. The van der Waals surface area contributed by atoms with Gasteiger partial charge in [0, 0.05) is 42.8 Å². The summed E-state index contributed by atoms with van der Waals surface area (Å²) in [6.45, 7) is 7.16. The number of pyridine rings is 1. The maximum atomic E-state index is 4.56. The summed E-state index contributed by atoms with van der Waals surface area (Å²) in [4.78, 5) is 15.8. The van der Waals surface area contributed by atoms with Crippen LogP contribution in [0.15, 0.2) is 30.6 Å². The first-order valence-electron chi connectivity index (χ1n) is 7.14. The Balaban J connectivity index is 1.63. The van der Waals surface area contributed by atoms with E-state index in [1.165, 1.54) is 5.56 Å². The van der Waals surface area contributed by atoms with Crippen LogP contribution in [0.25, 0.3) is 0 Å². The Morgan fingerprint density at radius 1 is 1.15 bits per heavy atom. The van der Waals surface area contributed by atoms with Crippen LogP contribution in [0.5, 0.6) is 0 Å². The summed E-state index contributed by atoms with van der Waals surface area (Å²) in [5, 5.41) is 0. The van der Waals surface area contributed by atoms with Gasteiger partial charge >= 0.3 is 0 Å². The van der Waals surface area contributed by atoms with Gasteiger partial charge in [-0.05, 0) is 44.5 Å². The van der Waals surface area contributed by atoms with E-state index in [2.05, 4.69) is 32.0 Å². The molecule has 1 unspecified atom stereocenters. The summed E-state index contributed by atoms with van der Waals surface area (Å²) in [6.07, 6.45) is 4.98. The van der Waals surface area contributed by atoms with Crippen LogP contribution in [-0.2, 0) is 6.54 Å². The molecule has 1 saturated heterocycles. The molecule has 3 heterocycles. The van der Waals surface area contributed by atoms with Crippen LogP contribution < -0.4 is 0 Å². The maximum absolute atomic E-state index is 4.56. The molecule has 3 rings (SSSR count). The van der Waals surface area contributed by atoms with E-state index in [9.17, 15) is 0 Å². The number of rotatable bonds is 3. The second-order valence-corrected chi connectivity index (χ2v) is 5.58. The predicted octanol–water partition coefficient (Wildman–Crippen LogP) is 2.48. The summed E-state index contributed by atoms with van der Waals surface area (Å²) in [7, 11) is 0. The second kappa shape index (κ2) is 5.67. The molecule has 0 N–H and O–H groups in total. The second-order valence-electron chi connectivity index (χ2n) is 5.58. The highest BCUT2D eigenvalue weighted by Crippen LogP contribution is 2.25. The van der Waals surface area contributed by atoms with Crippen molar-refractivity contribution in [3.8, 4) is 0 Å². The highest BCUT2D eigenvalue weighted by atomic mass is 15.2. The van der Waals surface area contributed by atoms with Gasteiger partial charge in [0.25, 0.3) is 0 Å². The van der Waals surface area contributed by atoms with Gasteiger partial charge in [-0.2, -0.15) is 0 Å². The first-order chi connectivity index (χ1) is 9.70. The van der Waals surface area contributed by atoms with Crippen molar-refractivity contribution in [3.05, 3.63) is 53.4 Å². The first-order valence-corrected chi connectivity index (χ1v) is 7.14. The van der Waals surface area contributed by atoms with E-state index >= 15 is 0 Å². The average molecular weight is 268 g/mol. The van der Waals surface area contributed by atoms with E-state index in [1.54, 1.807) is 0 Å². The van der Waals surface area contributed by atoms with Crippen molar-refractivity contribution < 1.29 is 0 Å². The monoisotopic (exact) mass is 268 g/mol. The van der Waals surface area contributed by atoms with Crippen molar-refractivity contribution in [1.82, 2.24) is 19.9 Å². The third kappa shape index (κ3) is 3.02. The Morgan fingerprint density at radius 3 is 2.80 bits per heavy atom. The highest BCUT2D eigenvalue weighted by molar-refractivity contribution is 5.14. The summed E-state index contributed by atoms with van der Waals surface area (Å²) >= 11 is 0. The minimum absolute atomic E-state index is 0.466. The molecule has 104 valence electrons. The maximum Gasteiger partial charge on any atom is 0.132 e. The average Bonchev–Trinajstić information content (AvgIpc) is 2.90. The topological polar surface area (TPSA) is 41.9 Å². The quantitative estimate of drug-likeness (QED) is 0.857. The van der Waals surface area contributed by atoms with Crippen LogP contribution in [-0.4, -0.2) is 32.9 Å². The third-order valence-electron chi connectivity index (χ3n) is 3.83. The lowest BCUT2D eigenvalue weighted by molar-refractivity contribution is 0.325. The highest BCUT2D eigenvalue weighted by Gasteiger charge is 2.25. The molecule has 0 amide bonds. The molecule has 0 aliphatic carbocycles. The van der Waals surface area contributed by atoms with Crippen LogP contribution in [0.3, 0.4) is 0 Å². The minimum atomic E-state index is 0.466. The number of likely N-dealkylation sites (tertiary alicyclic amines) is 1. The van der Waals surface area contributed by atoms with E-state index in [0.29, 0.717) is 5.92 Å². The molecule has 1 atom stereocenters. The zero-order valence-electron chi connectivity index (χ0n) is 12.1. The molecule has 2 aromatic rings. The molecule has 1 fully saturated rings. The van der Waals surface area contributed by atoms with Gasteiger partial charge in [-0.3, -0.25) is 9.88 Å². The van der Waals surface area contributed by atoms with E-state index in [-0.39, 0.29) is 0 Å². The van der Waals surface area contributed by atoms with Crippen molar-refractivity contribution in [3.63, 3.8) is 0 Å². The SMILES string of the molecule is Cc1ccc(CN2CCC(c3nccc(C)n3)C2)cn1. The molecule has 0 radical (unpaired) electrons. The largest absolute Gasteiger partial charge is 0.298 e. The molecule has 0 saturated carbocycles. The predicted molar refractivity (Wildman–Crippen MR) is 78.4 cm³/mol. The summed E-state index contributed by atoms with van der Waals surface area (Å²) in [5.41, 5.74) is 3.40. The Labute approximate surface area is 119 Å². The number of aryl methyl sites for hydroxylation is 2. The molecule has 2 aromatic heterocycles. The summed E-state index contributed by atoms with van der Waals surface area (Å²) in [6, 6.07) is 6.19. The molecule has 0 aromatic carbocycles. The summed E-state index contributed by atoms with van der Waals surface area (Å²) < 4.78 is 0. The van der Waals surface area contributed by atoms with Crippen LogP contribution in [0, 0.1) is 13.8 Å². The zero-order valence-corrected chi connectivity index (χ0v) is 12.1. The Morgan fingerprint density at radius 2 is 2.05 bits per heavy atom. The van der Waals surface area contributed by atoms with Gasteiger partial charge in [-0.1, -0.05) is 6.07 Å². The van der Waals surface area contributed by atoms with Gasteiger partial charge in [0.1, 0.15) is 5.82 Å². The molecule has 4 heteroatoms. The van der Waals surface area contributed by atoms with Gasteiger partial charge in [0.05, 0.1) is 0 Å². The molecular formula is C16H20N4. The minimum Gasteiger partial charge on any atom is -0.298 e. The van der Waals surface area contributed by atoms with E-state index in [1.807, 2.05) is 32.3 Å². The lowest BCUT2D eigenvalue weighted by atomic mass is 10.1. The van der Waals surface area contributed by atoms with Crippen LogP contribution in [0.1, 0.15) is 35.1 Å². The van der Waals surface area contributed by atoms with Crippen molar-refractivity contribution in [2.45, 2.75) is 32.7 Å².